The van der Waals surface area contributed by atoms with Gasteiger partial charge in [-0.05, 0) is 38.1 Å². The van der Waals surface area contributed by atoms with Crippen molar-refractivity contribution in [2.45, 2.75) is 24.0 Å². The molecule has 1 aromatic carbocycles. The first-order valence-electron chi connectivity index (χ1n) is 5.21. The predicted molar refractivity (Wildman–Crippen MR) is 68.8 cm³/mol. The molecule has 0 bridgehead atoms. The number of nitrogens with zero attached hydrogens (tertiary/aromatic N) is 2. The number of hydrogen-bond acceptors (Lipinski definition) is 5. The first-order chi connectivity index (χ1) is 8.41. The van der Waals surface area contributed by atoms with E-state index >= 15 is 0 Å². The number of aryl methyl sites for hydroxylation is 1. The first kappa shape index (κ1) is 13.2. The Bertz CT molecular complexity index is 649. The van der Waals surface area contributed by atoms with Crippen LogP contribution in [0.25, 0.3) is 0 Å². The minimum Gasteiger partial charge on any atom is -0.338 e. The summed E-state index contributed by atoms with van der Waals surface area (Å²) in [4.78, 5) is 4.18. The summed E-state index contributed by atoms with van der Waals surface area (Å²) in [5.41, 5.74) is 0. The van der Waals surface area contributed by atoms with Gasteiger partial charge >= 0.3 is 0 Å². The van der Waals surface area contributed by atoms with Crippen molar-refractivity contribution in [3.63, 3.8) is 0 Å². The zero-order chi connectivity index (χ0) is 13.3. The number of rotatable bonds is 3. The molecule has 0 amide bonds. The van der Waals surface area contributed by atoms with Gasteiger partial charge in [-0.1, -0.05) is 21.1 Å². The monoisotopic (exact) mass is 330 g/mol. The van der Waals surface area contributed by atoms with E-state index in [9.17, 15) is 8.42 Å². The fraction of sp³-hybridized carbons (Fsp3) is 0.273. The second-order valence-corrected chi connectivity index (χ2v) is 7.01. The number of aromatic nitrogens is 2. The normalized spacial score (nSPS) is 13.5. The van der Waals surface area contributed by atoms with Crippen LogP contribution in [-0.4, -0.2) is 18.6 Å². The molecule has 0 aliphatic rings. The Balaban J connectivity index is 2.39. The quantitative estimate of drug-likeness (QED) is 0.864. The number of benzene rings is 1. The topological polar surface area (TPSA) is 73.1 Å². The van der Waals surface area contributed by atoms with E-state index < -0.39 is 15.1 Å². The van der Waals surface area contributed by atoms with Crippen LogP contribution in [-0.2, 0) is 9.84 Å². The molecule has 2 rings (SSSR count). The largest absolute Gasteiger partial charge is 0.338 e. The Morgan fingerprint density at radius 2 is 1.89 bits per heavy atom. The summed E-state index contributed by atoms with van der Waals surface area (Å²) in [6.45, 7) is 3.18. The molecule has 0 N–H and O–H groups in total. The number of hydrogen-bond donors (Lipinski definition) is 0. The highest BCUT2D eigenvalue weighted by Crippen LogP contribution is 2.28. The second-order valence-electron chi connectivity index (χ2n) is 3.82. The van der Waals surface area contributed by atoms with Crippen LogP contribution < -0.4 is 0 Å². The maximum Gasteiger partial charge on any atom is 0.245 e. The Morgan fingerprint density at radius 1 is 1.28 bits per heavy atom. The molecule has 1 atom stereocenters. The molecule has 0 aliphatic carbocycles. The lowest BCUT2D eigenvalue weighted by Gasteiger charge is -2.08. The Morgan fingerprint density at radius 3 is 2.39 bits per heavy atom. The van der Waals surface area contributed by atoms with E-state index in [1.807, 2.05) is 0 Å². The van der Waals surface area contributed by atoms with Crippen LogP contribution in [0.5, 0.6) is 0 Å². The highest BCUT2D eigenvalue weighted by atomic mass is 79.9. The highest BCUT2D eigenvalue weighted by Gasteiger charge is 2.29. The molecule has 96 valence electrons. The van der Waals surface area contributed by atoms with Gasteiger partial charge in [-0.2, -0.15) is 4.98 Å². The maximum atomic E-state index is 12.3. The molecule has 0 saturated carbocycles. The van der Waals surface area contributed by atoms with Crippen molar-refractivity contribution in [1.29, 1.82) is 0 Å². The molecule has 0 unspecified atom stereocenters. The fourth-order valence-corrected chi connectivity index (χ4v) is 2.99. The molecule has 7 heteroatoms. The molecule has 0 fully saturated rings. The van der Waals surface area contributed by atoms with E-state index in [4.69, 9.17) is 4.52 Å². The molecule has 0 saturated heterocycles. The Labute approximate surface area is 113 Å². The molecule has 0 radical (unpaired) electrons. The molecule has 1 aromatic heterocycles. The van der Waals surface area contributed by atoms with Crippen molar-refractivity contribution in [3.05, 3.63) is 40.5 Å². The van der Waals surface area contributed by atoms with Gasteiger partial charge in [-0.25, -0.2) is 8.42 Å². The smallest absolute Gasteiger partial charge is 0.245 e. The highest BCUT2D eigenvalue weighted by molar-refractivity contribution is 9.10. The zero-order valence-electron chi connectivity index (χ0n) is 9.79. The van der Waals surface area contributed by atoms with Crippen LogP contribution in [0.3, 0.4) is 0 Å². The third-order valence-corrected chi connectivity index (χ3v) is 5.09. The SMILES string of the molecule is Cc1noc([C@H](C)S(=O)(=O)c2ccc(Br)cc2)n1. The number of halogens is 1. The average molecular weight is 331 g/mol. The third-order valence-electron chi connectivity index (χ3n) is 2.50. The zero-order valence-corrected chi connectivity index (χ0v) is 12.2. The molecule has 1 heterocycles. The first-order valence-corrected chi connectivity index (χ1v) is 7.55. The van der Waals surface area contributed by atoms with Gasteiger partial charge in [0.25, 0.3) is 0 Å². The average Bonchev–Trinajstić information content (AvgIpc) is 2.75. The summed E-state index contributed by atoms with van der Waals surface area (Å²) in [5.74, 6) is 0.526. The molecule has 2 aromatic rings. The molecule has 0 spiro atoms. The number of sulfone groups is 1. The van der Waals surface area contributed by atoms with Gasteiger partial charge in [0, 0.05) is 4.47 Å². The van der Waals surface area contributed by atoms with Crippen LogP contribution in [0.1, 0.15) is 23.9 Å². The molecule has 18 heavy (non-hydrogen) atoms. The van der Waals surface area contributed by atoms with E-state index in [-0.39, 0.29) is 10.8 Å². The van der Waals surface area contributed by atoms with Gasteiger partial charge < -0.3 is 4.52 Å². The van der Waals surface area contributed by atoms with Gasteiger partial charge in [-0.3, -0.25) is 0 Å². The molecule has 5 nitrogen and oxygen atoms in total. The lowest BCUT2D eigenvalue weighted by atomic mass is 10.4. The van der Waals surface area contributed by atoms with Gasteiger partial charge in [-0.15, -0.1) is 0 Å². The van der Waals surface area contributed by atoms with E-state index in [1.54, 1.807) is 31.2 Å². The summed E-state index contributed by atoms with van der Waals surface area (Å²) < 4.78 is 30.4. The van der Waals surface area contributed by atoms with Crippen molar-refractivity contribution in [2.75, 3.05) is 0 Å². The van der Waals surface area contributed by atoms with Crippen molar-refractivity contribution >= 4 is 25.8 Å². The van der Waals surface area contributed by atoms with E-state index in [0.29, 0.717) is 5.82 Å². The standard InChI is InChI=1S/C11H11BrN2O3S/c1-7(11-13-8(2)14-17-11)18(15,16)10-5-3-9(12)4-6-10/h3-7H,1-2H3/t7-/m0/s1. The van der Waals surface area contributed by atoms with Crippen molar-refractivity contribution < 1.29 is 12.9 Å². The fourth-order valence-electron chi connectivity index (χ4n) is 1.44. The van der Waals surface area contributed by atoms with Crippen molar-refractivity contribution in [3.8, 4) is 0 Å². The molecule has 0 aliphatic heterocycles. The van der Waals surface area contributed by atoms with Crippen molar-refractivity contribution in [2.24, 2.45) is 0 Å². The summed E-state index contributed by atoms with van der Waals surface area (Å²) in [6.07, 6.45) is 0. The summed E-state index contributed by atoms with van der Waals surface area (Å²) >= 11 is 3.26. The van der Waals surface area contributed by atoms with Gasteiger partial charge in [0.05, 0.1) is 4.90 Å². The van der Waals surface area contributed by atoms with Crippen LogP contribution in [0.2, 0.25) is 0 Å². The summed E-state index contributed by atoms with van der Waals surface area (Å²) in [7, 11) is -3.51. The van der Waals surface area contributed by atoms with Gasteiger partial charge in [0.2, 0.25) is 5.89 Å². The third kappa shape index (κ3) is 2.46. The Hall–Kier alpha value is -1.21. The Kier molecular flexibility index (Phi) is 3.54. The second kappa shape index (κ2) is 4.81. The van der Waals surface area contributed by atoms with Crippen LogP contribution in [0.15, 0.2) is 38.2 Å². The molecular weight excluding hydrogens is 320 g/mol. The van der Waals surface area contributed by atoms with Crippen LogP contribution in [0, 0.1) is 6.92 Å². The lowest BCUT2D eigenvalue weighted by Crippen LogP contribution is -2.11. The predicted octanol–water partition coefficient (Wildman–Crippen LogP) is 2.68. The lowest BCUT2D eigenvalue weighted by molar-refractivity contribution is 0.373. The summed E-state index contributed by atoms with van der Waals surface area (Å²) in [5, 5.41) is 2.74. The van der Waals surface area contributed by atoms with E-state index in [0.717, 1.165) is 4.47 Å². The van der Waals surface area contributed by atoms with Gasteiger partial charge in [0.15, 0.2) is 15.7 Å². The minimum atomic E-state index is -3.51. The minimum absolute atomic E-state index is 0.107. The molecular formula is C11H11BrN2O3S. The van der Waals surface area contributed by atoms with Gasteiger partial charge in [0.1, 0.15) is 5.25 Å². The summed E-state index contributed by atoms with van der Waals surface area (Å²) in [6, 6.07) is 6.44. The van der Waals surface area contributed by atoms with E-state index in [2.05, 4.69) is 26.1 Å². The van der Waals surface area contributed by atoms with Crippen LogP contribution >= 0.6 is 15.9 Å². The van der Waals surface area contributed by atoms with E-state index in [1.165, 1.54) is 6.92 Å². The van der Waals surface area contributed by atoms with Crippen LogP contribution in [0.4, 0.5) is 0 Å². The maximum absolute atomic E-state index is 12.3. The van der Waals surface area contributed by atoms with Crippen molar-refractivity contribution in [1.82, 2.24) is 10.1 Å².